The molecule has 168 valence electrons. The lowest BCUT2D eigenvalue weighted by atomic mass is 9.72. The van der Waals surface area contributed by atoms with Crippen LogP contribution in [0.3, 0.4) is 0 Å². The molecule has 32 heavy (non-hydrogen) atoms. The molecule has 2 aromatic carbocycles. The first-order valence-electron chi connectivity index (χ1n) is 10.1. The van der Waals surface area contributed by atoms with Gasteiger partial charge in [-0.05, 0) is 43.5 Å². The molecule has 0 spiro atoms. The summed E-state index contributed by atoms with van der Waals surface area (Å²) < 4.78 is 38.4. The van der Waals surface area contributed by atoms with Gasteiger partial charge in [0.1, 0.15) is 17.4 Å². The molecule has 7 nitrogen and oxygen atoms in total. The number of halogens is 2. The van der Waals surface area contributed by atoms with Crippen molar-refractivity contribution in [3.8, 4) is 5.75 Å². The highest BCUT2D eigenvalue weighted by Crippen LogP contribution is 2.27. The van der Waals surface area contributed by atoms with E-state index in [0.29, 0.717) is 12.0 Å². The molecule has 0 aromatic heterocycles. The van der Waals surface area contributed by atoms with Crippen molar-refractivity contribution in [3.63, 3.8) is 0 Å². The molecule has 10 heteroatoms. The molecule has 2 amide bonds. The second-order valence-corrected chi connectivity index (χ2v) is 8.00. The number of hydrogen-bond acceptors (Lipinski definition) is 5. The van der Waals surface area contributed by atoms with Crippen LogP contribution >= 0.6 is 0 Å². The smallest absolute Gasteiger partial charge is 0.524 e. The summed E-state index contributed by atoms with van der Waals surface area (Å²) in [6, 6.07) is 7.56. The molecule has 0 bridgehead atoms. The van der Waals surface area contributed by atoms with Gasteiger partial charge in [0.15, 0.2) is 0 Å². The summed E-state index contributed by atoms with van der Waals surface area (Å²) >= 11 is 0. The number of nitrogens with one attached hydrogen (secondary N) is 2. The predicted octanol–water partition coefficient (Wildman–Crippen LogP) is 2.81. The van der Waals surface area contributed by atoms with Gasteiger partial charge in [0.05, 0.1) is 23.6 Å². The average Bonchev–Trinajstić information content (AvgIpc) is 2.72. The normalized spacial score (nSPS) is 13.7. The Morgan fingerprint density at radius 3 is 2.56 bits per heavy atom. The molecular formula is C22H23BF2N2O5. The Kier molecular flexibility index (Phi) is 7.12. The van der Waals surface area contributed by atoms with Crippen LogP contribution in [0.1, 0.15) is 46.5 Å². The Labute approximate surface area is 184 Å². The van der Waals surface area contributed by atoms with E-state index in [4.69, 9.17) is 9.31 Å². The predicted molar refractivity (Wildman–Crippen MR) is 113 cm³/mol. The SMILES string of the molecule is Cc1ccc(F)c(C(=O)NCC(=O)N[C@@H](CC(C)C)B2OC(=O)c3ccc(F)cc3O2)c1. The first kappa shape index (κ1) is 23.2. The summed E-state index contributed by atoms with van der Waals surface area (Å²) in [5, 5.41) is 5.04. The van der Waals surface area contributed by atoms with Gasteiger partial charge in [-0.3, -0.25) is 9.59 Å². The molecule has 1 atom stereocenters. The molecule has 0 saturated carbocycles. The zero-order valence-corrected chi connectivity index (χ0v) is 17.9. The first-order chi connectivity index (χ1) is 15.1. The van der Waals surface area contributed by atoms with E-state index < -0.39 is 49.0 Å². The lowest BCUT2D eigenvalue weighted by Gasteiger charge is -2.29. The summed E-state index contributed by atoms with van der Waals surface area (Å²) in [7, 11) is -1.17. The van der Waals surface area contributed by atoms with Gasteiger partial charge in [-0.1, -0.05) is 25.5 Å². The minimum absolute atomic E-state index is 0.0254. The highest BCUT2D eigenvalue weighted by molar-refractivity contribution is 6.51. The third-order valence-corrected chi connectivity index (χ3v) is 4.81. The van der Waals surface area contributed by atoms with E-state index in [1.165, 1.54) is 24.3 Å². The summed E-state index contributed by atoms with van der Waals surface area (Å²) in [6.45, 7) is 5.10. The van der Waals surface area contributed by atoms with Crippen molar-refractivity contribution < 1.29 is 32.5 Å². The van der Waals surface area contributed by atoms with Crippen LogP contribution in [0.2, 0.25) is 0 Å². The van der Waals surface area contributed by atoms with Crippen molar-refractivity contribution in [1.82, 2.24) is 10.6 Å². The topological polar surface area (TPSA) is 93.7 Å². The molecule has 0 unspecified atom stereocenters. The molecule has 0 saturated heterocycles. The Balaban J connectivity index is 1.66. The molecule has 0 aliphatic carbocycles. The Bertz CT molecular complexity index is 1050. The molecule has 0 fully saturated rings. The van der Waals surface area contributed by atoms with Crippen LogP contribution in [0.5, 0.6) is 5.75 Å². The monoisotopic (exact) mass is 444 g/mol. The lowest BCUT2D eigenvalue weighted by Crippen LogP contribution is -2.55. The summed E-state index contributed by atoms with van der Waals surface area (Å²) in [5.74, 6) is -3.91. The van der Waals surface area contributed by atoms with Crippen LogP contribution in [-0.2, 0) is 9.45 Å². The molecule has 1 heterocycles. The van der Waals surface area contributed by atoms with Gasteiger partial charge in [0, 0.05) is 6.07 Å². The fourth-order valence-corrected chi connectivity index (χ4v) is 3.32. The number of amides is 2. The van der Waals surface area contributed by atoms with E-state index in [9.17, 15) is 23.2 Å². The molecule has 2 aromatic rings. The standard InChI is InChI=1S/C22H23BF2N2O5/c1-12(2)8-19(23-31-18-10-14(24)5-6-15(18)22(30)32-23)27-20(28)11-26-21(29)16-9-13(3)4-7-17(16)25/h4-7,9-10,12,19H,8,11H2,1-3H3,(H,26,29)(H,27,28)/t19-/m0/s1. The van der Waals surface area contributed by atoms with Crippen LogP contribution in [0, 0.1) is 24.5 Å². The van der Waals surface area contributed by atoms with E-state index >= 15 is 0 Å². The summed E-state index contributed by atoms with van der Waals surface area (Å²) in [4.78, 5) is 37.0. The minimum atomic E-state index is -1.17. The number of carbonyl (C=O) groups is 3. The van der Waals surface area contributed by atoms with E-state index in [0.717, 1.165) is 12.1 Å². The number of aryl methyl sites for hydroxylation is 1. The Morgan fingerprint density at radius 1 is 1.09 bits per heavy atom. The van der Waals surface area contributed by atoms with E-state index in [1.807, 2.05) is 13.8 Å². The van der Waals surface area contributed by atoms with Gasteiger partial charge in [0.25, 0.3) is 5.91 Å². The largest absolute Gasteiger partial charge is 0.620 e. The van der Waals surface area contributed by atoms with E-state index in [-0.39, 0.29) is 22.8 Å². The van der Waals surface area contributed by atoms with Crippen LogP contribution < -0.4 is 15.3 Å². The van der Waals surface area contributed by atoms with Crippen LogP contribution in [0.4, 0.5) is 8.78 Å². The van der Waals surface area contributed by atoms with Crippen molar-refractivity contribution in [2.24, 2.45) is 5.92 Å². The van der Waals surface area contributed by atoms with Gasteiger partial charge >= 0.3 is 13.1 Å². The third kappa shape index (κ3) is 5.63. The molecular weight excluding hydrogens is 421 g/mol. The van der Waals surface area contributed by atoms with Crippen LogP contribution in [-0.4, -0.2) is 37.4 Å². The number of fused-ring (bicyclic) bond motifs is 1. The van der Waals surface area contributed by atoms with E-state index in [2.05, 4.69) is 10.6 Å². The van der Waals surface area contributed by atoms with Gasteiger partial charge in [-0.25, -0.2) is 13.6 Å². The minimum Gasteiger partial charge on any atom is -0.524 e. The Hall–Kier alpha value is -3.43. The maximum absolute atomic E-state index is 13.9. The van der Waals surface area contributed by atoms with Crippen molar-refractivity contribution in [2.45, 2.75) is 33.1 Å². The fraction of sp³-hybridized carbons (Fsp3) is 0.318. The van der Waals surface area contributed by atoms with Gasteiger partial charge in [-0.2, -0.15) is 0 Å². The zero-order chi connectivity index (χ0) is 23.4. The number of benzene rings is 2. The second-order valence-electron chi connectivity index (χ2n) is 8.00. The molecule has 1 aliphatic rings. The lowest BCUT2D eigenvalue weighted by molar-refractivity contribution is -0.120. The highest BCUT2D eigenvalue weighted by atomic mass is 19.1. The number of carbonyl (C=O) groups excluding carboxylic acids is 3. The van der Waals surface area contributed by atoms with Crippen LogP contribution in [0.25, 0.3) is 0 Å². The van der Waals surface area contributed by atoms with Crippen molar-refractivity contribution in [2.75, 3.05) is 6.54 Å². The molecule has 3 rings (SSSR count). The van der Waals surface area contributed by atoms with Crippen molar-refractivity contribution in [1.29, 1.82) is 0 Å². The van der Waals surface area contributed by atoms with Crippen molar-refractivity contribution in [3.05, 3.63) is 64.7 Å². The average molecular weight is 444 g/mol. The Morgan fingerprint density at radius 2 is 1.84 bits per heavy atom. The molecule has 2 N–H and O–H groups in total. The van der Waals surface area contributed by atoms with Gasteiger partial charge in [-0.15, -0.1) is 0 Å². The highest BCUT2D eigenvalue weighted by Gasteiger charge is 2.42. The zero-order valence-electron chi connectivity index (χ0n) is 17.9. The third-order valence-electron chi connectivity index (χ3n) is 4.81. The fourth-order valence-electron chi connectivity index (χ4n) is 3.32. The van der Waals surface area contributed by atoms with Crippen LogP contribution in [0.15, 0.2) is 36.4 Å². The summed E-state index contributed by atoms with van der Waals surface area (Å²) in [6.07, 6.45) is 0.384. The quantitative estimate of drug-likeness (QED) is 0.641. The van der Waals surface area contributed by atoms with Gasteiger partial charge < -0.3 is 19.9 Å². The summed E-state index contributed by atoms with van der Waals surface area (Å²) in [5.41, 5.74) is 0.621. The molecule has 0 radical (unpaired) electrons. The maximum Gasteiger partial charge on any atom is 0.620 e. The van der Waals surface area contributed by atoms with Crippen molar-refractivity contribution >= 4 is 24.9 Å². The molecule has 1 aliphatic heterocycles. The van der Waals surface area contributed by atoms with E-state index in [1.54, 1.807) is 6.92 Å². The maximum atomic E-state index is 13.9. The number of hydrogen-bond donors (Lipinski definition) is 2. The second kappa shape index (κ2) is 9.80. The first-order valence-corrected chi connectivity index (χ1v) is 10.1. The number of rotatable bonds is 7. The van der Waals surface area contributed by atoms with Gasteiger partial charge in [0.2, 0.25) is 5.91 Å².